The number of esters is 1. The smallest absolute Gasteiger partial charge is 0.308 e. The predicted octanol–water partition coefficient (Wildman–Crippen LogP) is 2.08. The predicted molar refractivity (Wildman–Crippen MR) is 128 cm³/mol. The molecule has 1 unspecified atom stereocenters. The van der Waals surface area contributed by atoms with Crippen LogP contribution in [0.1, 0.15) is 62.7 Å². The van der Waals surface area contributed by atoms with Crippen LogP contribution in [0.5, 0.6) is 0 Å². The van der Waals surface area contributed by atoms with Crippen molar-refractivity contribution in [3.8, 4) is 0 Å². The lowest BCUT2D eigenvalue weighted by Crippen LogP contribution is -2.58. The van der Waals surface area contributed by atoms with Gasteiger partial charge in [-0.05, 0) is 37.0 Å². The summed E-state index contributed by atoms with van der Waals surface area (Å²) >= 11 is 0. The van der Waals surface area contributed by atoms with E-state index in [-0.39, 0.29) is 49.3 Å². The number of rotatable bonds is 9. The van der Waals surface area contributed by atoms with Crippen LogP contribution in [-0.2, 0) is 19.1 Å². The summed E-state index contributed by atoms with van der Waals surface area (Å²) in [6, 6.07) is 6.34. The van der Waals surface area contributed by atoms with Gasteiger partial charge in [-0.15, -0.1) is 0 Å². The summed E-state index contributed by atoms with van der Waals surface area (Å²) < 4.78 is 5.19. The Hall–Kier alpha value is -3.10. The molecule has 3 N–H and O–H groups in total. The fourth-order valence-electron chi connectivity index (χ4n) is 4.26. The van der Waals surface area contributed by atoms with Crippen LogP contribution in [0.15, 0.2) is 24.3 Å². The van der Waals surface area contributed by atoms with Gasteiger partial charge in [0.05, 0.1) is 19.6 Å². The van der Waals surface area contributed by atoms with Crippen molar-refractivity contribution < 1.29 is 23.9 Å². The van der Waals surface area contributed by atoms with Gasteiger partial charge in [0.15, 0.2) is 0 Å². The summed E-state index contributed by atoms with van der Waals surface area (Å²) in [5.74, 6) is -1.09. The average Bonchev–Trinajstić information content (AvgIpc) is 2.83. The summed E-state index contributed by atoms with van der Waals surface area (Å²) in [4.78, 5) is 51.5. The van der Waals surface area contributed by atoms with Crippen LogP contribution < -0.4 is 16.0 Å². The summed E-state index contributed by atoms with van der Waals surface area (Å²) in [7, 11) is 0. The Kier molecular flexibility index (Phi) is 9.30. The van der Waals surface area contributed by atoms with E-state index in [1.807, 2.05) is 13.8 Å². The molecule has 3 rings (SSSR count). The second kappa shape index (κ2) is 12.4. The van der Waals surface area contributed by atoms with Gasteiger partial charge in [-0.25, -0.2) is 0 Å². The summed E-state index contributed by atoms with van der Waals surface area (Å²) in [5.41, 5.74) is 1.17. The van der Waals surface area contributed by atoms with Gasteiger partial charge < -0.3 is 25.6 Å². The van der Waals surface area contributed by atoms with E-state index in [0.29, 0.717) is 24.3 Å². The summed E-state index contributed by atoms with van der Waals surface area (Å²) in [5, 5.41) is 8.85. The van der Waals surface area contributed by atoms with Gasteiger partial charge in [-0.1, -0.05) is 39.2 Å². The maximum absolute atomic E-state index is 12.9. The van der Waals surface area contributed by atoms with Crippen LogP contribution in [0.2, 0.25) is 0 Å². The first kappa shape index (κ1) is 25.5. The lowest BCUT2D eigenvalue weighted by Gasteiger charge is -2.34. The Morgan fingerprint density at radius 2 is 1.94 bits per heavy atom. The molecule has 1 aromatic rings. The standard InChI is InChI=1S/C25H36N4O5/c1-17(2)16-34-23(31)14-21-25(33)26-11-12-29(21)22(30)15-27-20-10-6-7-18(13-20)24(32)28-19-8-4-3-5-9-19/h6-7,10,13,17,19,21,27H,3-5,8-9,11-12,14-16H2,1-2H3,(H,26,33)(H,28,32). The topological polar surface area (TPSA) is 117 Å². The Balaban J connectivity index is 1.55. The molecule has 9 nitrogen and oxygen atoms in total. The number of carbonyl (C=O) groups is 4. The molecule has 2 aliphatic rings. The fraction of sp³-hybridized carbons (Fsp3) is 0.600. The number of benzene rings is 1. The number of amides is 3. The van der Waals surface area contributed by atoms with Crippen molar-refractivity contribution in [2.75, 3.05) is 31.6 Å². The minimum atomic E-state index is -0.893. The largest absolute Gasteiger partial charge is 0.465 e. The third-order valence-electron chi connectivity index (χ3n) is 6.10. The van der Waals surface area contributed by atoms with Gasteiger partial charge in [-0.3, -0.25) is 19.2 Å². The normalized spacial score (nSPS) is 18.9. The van der Waals surface area contributed by atoms with Gasteiger partial charge in [0.2, 0.25) is 11.8 Å². The van der Waals surface area contributed by atoms with Crippen molar-refractivity contribution in [1.82, 2.24) is 15.5 Å². The van der Waals surface area contributed by atoms with Crippen molar-refractivity contribution in [2.45, 2.75) is 64.5 Å². The Morgan fingerprint density at radius 3 is 2.68 bits per heavy atom. The number of carbonyl (C=O) groups excluding carboxylic acids is 4. The molecular formula is C25H36N4O5. The van der Waals surface area contributed by atoms with Crippen LogP contribution in [0.25, 0.3) is 0 Å². The molecular weight excluding hydrogens is 436 g/mol. The molecule has 186 valence electrons. The van der Waals surface area contributed by atoms with Crippen LogP contribution in [0.4, 0.5) is 5.69 Å². The summed E-state index contributed by atoms with van der Waals surface area (Å²) in [6.45, 7) is 4.72. The molecule has 1 aliphatic heterocycles. The van der Waals surface area contributed by atoms with E-state index in [2.05, 4.69) is 16.0 Å². The molecule has 34 heavy (non-hydrogen) atoms. The van der Waals surface area contributed by atoms with Crippen LogP contribution in [0, 0.1) is 5.92 Å². The molecule has 1 aliphatic carbocycles. The Morgan fingerprint density at radius 1 is 1.18 bits per heavy atom. The number of hydrogen-bond acceptors (Lipinski definition) is 6. The van der Waals surface area contributed by atoms with Crippen molar-refractivity contribution in [3.63, 3.8) is 0 Å². The van der Waals surface area contributed by atoms with Gasteiger partial charge in [0, 0.05) is 30.4 Å². The number of anilines is 1. The maximum atomic E-state index is 12.9. The highest BCUT2D eigenvalue weighted by Crippen LogP contribution is 2.19. The van der Waals surface area contributed by atoms with E-state index >= 15 is 0 Å². The first-order valence-electron chi connectivity index (χ1n) is 12.2. The highest BCUT2D eigenvalue weighted by molar-refractivity contribution is 5.96. The molecule has 1 aromatic carbocycles. The highest BCUT2D eigenvalue weighted by Gasteiger charge is 2.35. The highest BCUT2D eigenvalue weighted by atomic mass is 16.5. The molecule has 9 heteroatoms. The monoisotopic (exact) mass is 472 g/mol. The molecule has 0 spiro atoms. The van der Waals surface area contributed by atoms with Crippen molar-refractivity contribution in [3.05, 3.63) is 29.8 Å². The third-order valence-corrected chi connectivity index (χ3v) is 6.10. The van der Waals surface area contributed by atoms with Gasteiger partial charge in [0.25, 0.3) is 5.91 Å². The van der Waals surface area contributed by atoms with Crippen molar-refractivity contribution >= 4 is 29.4 Å². The minimum absolute atomic E-state index is 0.0570. The zero-order valence-electron chi connectivity index (χ0n) is 20.1. The number of piperazine rings is 1. The maximum Gasteiger partial charge on any atom is 0.308 e. The van der Waals surface area contributed by atoms with Crippen LogP contribution >= 0.6 is 0 Å². The van der Waals surface area contributed by atoms with Crippen molar-refractivity contribution in [1.29, 1.82) is 0 Å². The van der Waals surface area contributed by atoms with Gasteiger partial charge >= 0.3 is 5.97 Å². The van der Waals surface area contributed by atoms with Crippen LogP contribution in [0.3, 0.4) is 0 Å². The third kappa shape index (κ3) is 7.46. The second-order valence-electron chi connectivity index (χ2n) is 9.42. The zero-order valence-corrected chi connectivity index (χ0v) is 20.1. The first-order valence-corrected chi connectivity index (χ1v) is 12.2. The van der Waals surface area contributed by atoms with Crippen LogP contribution in [-0.4, -0.2) is 66.9 Å². The second-order valence-corrected chi connectivity index (χ2v) is 9.42. The molecule has 0 radical (unpaired) electrons. The molecule has 1 atom stereocenters. The average molecular weight is 473 g/mol. The van der Waals surface area contributed by atoms with E-state index in [0.717, 1.165) is 25.7 Å². The van der Waals surface area contributed by atoms with Gasteiger partial charge in [-0.2, -0.15) is 0 Å². The van der Waals surface area contributed by atoms with E-state index < -0.39 is 12.0 Å². The van der Waals surface area contributed by atoms with Crippen molar-refractivity contribution in [2.24, 2.45) is 5.92 Å². The van der Waals surface area contributed by atoms with E-state index in [1.165, 1.54) is 11.3 Å². The Labute approximate surface area is 201 Å². The number of ether oxygens (including phenoxy) is 1. The van der Waals surface area contributed by atoms with E-state index in [1.54, 1.807) is 24.3 Å². The number of hydrogen-bond donors (Lipinski definition) is 3. The molecule has 1 saturated heterocycles. The molecule has 1 saturated carbocycles. The lowest BCUT2D eigenvalue weighted by molar-refractivity contribution is -0.152. The Bertz CT molecular complexity index is 882. The quantitative estimate of drug-likeness (QED) is 0.474. The molecule has 3 amide bonds. The van der Waals surface area contributed by atoms with E-state index in [4.69, 9.17) is 4.74 Å². The molecule has 0 aromatic heterocycles. The van der Waals surface area contributed by atoms with E-state index in [9.17, 15) is 19.2 Å². The fourth-order valence-corrected chi connectivity index (χ4v) is 4.26. The zero-order chi connectivity index (χ0) is 24.5. The molecule has 0 bridgehead atoms. The summed E-state index contributed by atoms with van der Waals surface area (Å²) in [6.07, 6.45) is 5.33. The molecule has 1 heterocycles. The SMILES string of the molecule is CC(C)COC(=O)CC1C(=O)NCCN1C(=O)CNc1cccc(C(=O)NC2CCCCC2)c1. The first-order chi connectivity index (χ1) is 16.3. The number of nitrogens with zero attached hydrogens (tertiary/aromatic N) is 1. The molecule has 2 fully saturated rings. The lowest BCUT2D eigenvalue weighted by atomic mass is 9.95. The van der Waals surface area contributed by atoms with Gasteiger partial charge in [0.1, 0.15) is 6.04 Å². The number of nitrogens with one attached hydrogen (secondary N) is 3. The minimum Gasteiger partial charge on any atom is -0.465 e.